The molecular formula is C43H45N5O6. The van der Waals surface area contributed by atoms with Crippen molar-refractivity contribution in [3.63, 3.8) is 0 Å². The number of likely N-dealkylation sites (N-methyl/N-ethyl adjacent to an activating group) is 1. The summed E-state index contributed by atoms with van der Waals surface area (Å²) in [7, 11) is 6.69. The van der Waals surface area contributed by atoms with Gasteiger partial charge in [-0.05, 0) is 96.8 Å². The first-order valence-corrected chi connectivity index (χ1v) is 18.1. The van der Waals surface area contributed by atoms with Gasteiger partial charge in [0, 0.05) is 56.1 Å². The van der Waals surface area contributed by atoms with Crippen LogP contribution in [-0.4, -0.2) is 57.8 Å². The zero-order valence-electron chi connectivity index (χ0n) is 31.1. The SMILES string of the molecule is CNc1cc(OCc2cc(N)cc(COc3cc4c(cc3OC)C(=O)N(C)C3=C(CCC=C3)CCC=N4)c2)c(OC)cc1C(=O)N1CCc2ccccc21. The van der Waals surface area contributed by atoms with Crippen molar-refractivity contribution in [3.8, 4) is 23.0 Å². The second-order valence-electron chi connectivity index (χ2n) is 13.5. The highest BCUT2D eigenvalue weighted by atomic mass is 16.5. The maximum Gasteiger partial charge on any atom is 0.260 e. The molecule has 0 aromatic heterocycles. The van der Waals surface area contributed by atoms with E-state index in [0.717, 1.165) is 60.2 Å². The van der Waals surface area contributed by atoms with E-state index in [1.54, 1.807) is 62.4 Å². The monoisotopic (exact) mass is 727 g/mol. The van der Waals surface area contributed by atoms with Crippen LogP contribution in [0.1, 0.15) is 63.1 Å². The van der Waals surface area contributed by atoms with Gasteiger partial charge in [-0.15, -0.1) is 0 Å². The molecule has 0 fully saturated rings. The number of carbonyl (C=O) groups is 2. The van der Waals surface area contributed by atoms with Crippen LogP contribution in [0, 0.1) is 0 Å². The summed E-state index contributed by atoms with van der Waals surface area (Å²) in [4.78, 5) is 35.7. The number of fused-ring (bicyclic) bond motifs is 2. The average Bonchev–Trinajstić information content (AvgIpc) is 3.63. The van der Waals surface area contributed by atoms with Gasteiger partial charge in [-0.25, -0.2) is 0 Å². The number of aliphatic imine (C=N–C) groups is 1. The summed E-state index contributed by atoms with van der Waals surface area (Å²) in [6.07, 6.45) is 10.4. The molecule has 0 bridgehead atoms. The number of ether oxygens (including phenoxy) is 4. The van der Waals surface area contributed by atoms with Gasteiger partial charge in [-0.1, -0.05) is 24.3 Å². The van der Waals surface area contributed by atoms with E-state index in [-0.39, 0.29) is 25.0 Å². The van der Waals surface area contributed by atoms with Crippen molar-refractivity contribution >= 4 is 40.8 Å². The number of hydrogen-bond acceptors (Lipinski definition) is 9. The van der Waals surface area contributed by atoms with Crippen molar-refractivity contribution < 1.29 is 28.5 Å². The first kappa shape index (κ1) is 36.1. The molecule has 0 unspecified atom stereocenters. The standard InChI is InChI=1S/C43H45N5O6/c1-45-34-23-40(38(51-3)21-32(34)43(50)48-17-15-30-11-6-8-14-37(30)48)53-25-27-18-28(20-31(44)19-27)26-54-41-24-35-33(22-39(41)52-4)42(49)47(2)36-13-7-5-10-29(36)12-9-16-46-35/h6-8,11,13-14,16,18-24,45H,5,9-10,12,15,17,25-26,44H2,1-4H3. The number of methoxy groups -OCH3 is 2. The van der Waals surface area contributed by atoms with E-state index in [4.69, 9.17) is 29.7 Å². The van der Waals surface area contributed by atoms with Crippen molar-refractivity contribution in [2.24, 2.45) is 4.99 Å². The molecule has 1 aliphatic carbocycles. The second-order valence-corrected chi connectivity index (χ2v) is 13.5. The van der Waals surface area contributed by atoms with Crippen LogP contribution in [0.15, 0.2) is 95.1 Å². The van der Waals surface area contributed by atoms with E-state index in [1.807, 2.05) is 48.7 Å². The number of hydrogen-bond donors (Lipinski definition) is 2. The zero-order chi connectivity index (χ0) is 37.8. The minimum Gasteiger partial charge on any atom is -0.493 e. The van der Waals surface area contributed by atoms with E-state index in [2.05, 4.69) is 17.5 Å². The van der Waals surface area contributed by atoms with Crippen LogP contribution >= 0.6 is 0 Å². The molecule has 2 amide bonds. The van der Waals surface area contributed by atoms with E-state index in [1.165, 1.54) is 5.57 Å². The summed E-state index contributed by atoms with van der Waals surface area (Å²) in [5, 5.41) is 3.16. The molecule has 0 spiro atoms. The molecule has 0 saturated heterocycles. The third-order valence-electron chi connectivity index (χ3n) is 10.0. The maximum absolute atomic E-state index is 13.8. The lowest BCUT2D eigenvalue weighted by molar-refractivity contribution is 0.0838. The van der Waals surface area contributed by atoms with Crippen LogP contribution in [0.3, 0.4) is 0 Å². The van der Waals surface area contributed by atoms with E-state index in [0.29, 0.717) is 57.7 Å². The van der Waals surface area contributed by atoms with Crippen molar-refractivity contribution in [2.75, 3.05) is 50.8 Å². The van der Waals surface area contributed by atoms with Crippen molar-refractivity contribution in [1.29, 1.82) is 0 Å². The average molecular weight is 728 g/mol. The van der Waals surface area contributed by atoms with Crippen LogP contribution < -0.4 is 34.9 Å². The van der Waals surface area contributed by atoms with Gasteiger partial charge in [-0.2, -0.15) is 0 Å². The number of allylic oxidation sites excluding steroid dienone is 3. The fourth-order valence-electron chi connectivity index (χ4n) is 7.28. The number of rotatable bonds is 10. The van der Waals surface area contributed by atoms with Gasteiger partial charge in [0.15, 0.2) is 23.0 Å². The first-order chi connectivity index (χ1) is 26.3. The van der Waals surface area contributed by atoms with E-state index >= 15 is 0 Å². The number of benzene rings is 4. The normalized spacial score (nSPS) is 15.0. The summed E-state index contributed by atoms with van der Waals surface area (Å²) in [5.41, 5.74) is 14.9. The molecule has 3 aliphatic rings. The minimum atomic E-state index is -0.162. The zero-order valence-corrected chi connectivity index (χ0v) is 31.1. The fraction of sp³-hybridized carbons (Fsp3) is 0.279. The molecular weight excluding hydrogens is 683 g/mol. The molecule has 0 saturated carbocycles. The smallest absolute Gasteiger partial charge is 0.260 e. The highest BCUT2D eigenvalue weighted by Crippen LogP contribution is 2.39. The number of nitrogens with one attached hydrogen (secondary N) is 1. The van der Waals surface area contributed by atoms with Crippen molar-refractivity contribution in [2.45, 2.75) is 45.3 Å². The topological polar surface area (TPSA) is 128 Å². The molecule has 0 radical (unpaired) electrons. The molecule has 4 aromatic carbocycles. The molecule has 2 aliphatic heterocycles. The van der Waals surface area contributed by atoms with Crippen LogP contribution in [0.4, 0.5) is 22.7 Å². The summed E-state index contributed by atoms with van der Waals surface area (Å²) >= 11 is 0. The number of nitrogen functional groups attached to an aromatic ring is 1. The maximum atomic E-state index is 13.8. The fourth-order valence-corrected chi connectivity index (χ4v) is 7.28. The lowest BCUT2D eigenvalue weighted by Gasteiger charge is -2.26. The van der Waals surface area contributed by atoms with E-state index in [9.17, 15) is 9.59 Å². The third-order valence-corrected chi connectivity index (χ3v) is 10.0. The van der Waals surface area contributed by atoms with Crippen molar-refractivity contribution in [3.05, 3.63) is 118 Å². The molecule has 7 rings (SSSR count). The predicted octanol–water partition coefficient (Wildman–Crippen LogP) is 7.86. The minimum absolute atomic E-state index is 0.110. The van der Waals surface area contributed by atoms with Crippen LogP contribution in [0.2, 0.25) is 0 Å². The number of nitrogens with zero attached hydrogens (tertiary/aromatic N) is 3. The van der Waals surface area contributed by atoms with Gasteiger partial charge < -0.3 is 39.8 Å². The summed E-state index contributed by atoms with van der Waals surface area (Å²) < 4.78 is 24.0. The van der Waals surface area contributed by atoms with Gasteiger partial charge in [-0.3, -0.25) is 14.6 Å². The van der Waals surface area contributed by atoms with Gasteiger partial charge in [0.25, 0.3) is 11.8 Å². The Balaban J connectivity index is 1.08. The summed E-state index contributed by atoms with van der Waals surface area (Å²) in [6.45, 7) is 0.977. The Kier molecular flexibility index (Phi) is 10.6. The molecule has 278 valence electrons. The number of nitrogens with two attached hydrogens (primary N) is 1. The molecule has 11 nitrogen and oxygen atoms in total. The number of carbonyl (C=O) groups excluding carboxylic acids is 2. The predicted molar refractivity (Wildman–Crippen MR) is 212 cm³/mol. The van der Waals surface area contributed by atoms with Crippen LogP contribution in [-0.2, 0) is 19.6 Å². The molecule has 0 atom stereocenters. The lowest BCUT2D eigenvalue weighted by atomic mass is 9.96. The van der Waals surface area contributed by atoms with E-state index < -0.39 is 0 Å². The number of anilines is 3. The van der Waals surface area contributed by atoms with Gasteiger partial charge in [0.2, 0.25) is 0 Å². The quantitative estimate of drug-likeness (QED) is 0.158. The number of amides is 2. The second kappa shape index (κ2) is 15.8. The lowest BCUT2D eigenvalue weighted by Crippen LogP contribution is -2.29. The molecule has 11 heteroatoms. The Morgan fingerprint density at radius 1 is 0.870 bits per heavy atom. The first-order valence-electron chi connectivity index (χ1n) is 18.1. The van der Waals surface area contributed by atoms with Gasteiger partial charge in [0.1, 0.15) is 13.2 Å². The van der Waals surface area contributed by atoms with Crippen molar-refractivity contribution in [1.82, 2.24) is 4.90 Å². The van der Waals surface area contributed by atoms with Gasteiger partial charge >= 0.3 is 0 Å². The molecule has 4 aromatic rings. The Morgan fingerprint density at radius 2 is 1.57 bits per heavy atom. The summed E-state index contributed by atoms with van der Waals surface area (Å²) in [6, 6.07) is 20.6. The largest absolute Gasteiger partial charge is 0.493 e. The molecule has 54 heavy (non-hydrogen) atoms. The highest BCUT2D eigenvalue weighted by Gasteiger charge is 2.28. The molecule has 3 N–H and O–H groups in total. The summed E-state index contributed by atoms with van der Waals surface area (Å²) in [5.74, 6) is 1.52. The third kappa shape index (κ3) is 7.34. The van der Waals surface area contributed by atoms with Crippen LogP contribution in [0.25, 0.3) is 0 Å². The highest BCUT2D eigenvalue weighted by molar-refractivity contribution is 6.11. The number of para-hydroxylation sites is 1. The molecule has 2 heterocycles. The Labute approximate surface area is 315 Å². The Bertz CT molecular complexity index is 2190. The van der Waals surface area contributed by atoms with Crippen LogP contribution in [0.5, 0.6) is 23.0 Å². The Hall–Kier alpha value is -6.23. The Morgan fingerprint density at radius 3 is 2.31 bits per heavy atom. The van der Waals surface area contributed by atoms with Gasteiger partial charge in [0.05, 0.1) is 36.7 Å².